The largest absolute Gasteiger partial charge is 0.484 e. The standard InChI is InChI=1S/C16H21F3N2O2.ClH/c1-11-4-5-12(13(8-11)23-10-16(17,18)19)9-21-14(22)15(20)6-2-3-7-15;/h4-5,8H,2-3,6-7,9-10,20H2,1H3,(H,21,22);1H. The van der Waals surface area contributed by atoms with E-state index in [0.717, 1.165) is 18.4 Å². The van der Waals surface area contributed by atoms with Gasteiger partial charge in [0.1, 0.15) is 5.75 Å². The van der Waals surface area contributed by atoms with Crippen LogP contribution in [0.25, 0.3) is 0 Å². The van der Waals surface area contributed by atoms with Gasteiger partial charge in [-0.15, -0.1) is 12.4 Å². The molecule has 4 nitrogen and oxygen atoms in total. The maximum absolute atomic E-state index is 12.3. The number of hydrogen-bond donors (Lipinski definition) is 2. The average Bonchev–Trinajstić information content (AvgIpc) is 2.91. The molecule has 0 atom stereocenters. The molecule has 24 heavy (non-hydrogen) atoms. The molecule has 0 heterocycles. The van der Waals surface area contributed by atoms with Crippen molar-refractivity contribution in [3.05, 3.63) is 29.3 Å². The van der Waals surface area contributed by atoms with Crippen molar-refractivity contribution in [2.45, 2.75) is 50.9 Å². The zero-order chi connectivity index (χ0) is 17.1. The number of amides is 1. The molecule has 0 radical (unpaired) electrons. The van der Waals surface area contributed by atoms with Crippen LogP contribution in [0.5, 0.6) is 5.75 Å². The van der Waals surface area contributed by atoms with Crippen LogP contribution in [0.1, 0.15) is 36.8 Å². The first-order valence-corrected chi connectivity index (χ1v) is 7.56. The Morgan fingerprint density at radius 3 is 2.54 bits per heavy atom. The Bertz CT molecular complexity index is 573. The third-order valence-electron chi connectivity index (χ3n) is 4.00. The minimum absolute atomic E-state index is 0. The van der Waals surface area contributed by atoms with Crippen molar-refractivity contribution < 1.29 is 22.7 Å². The van der Waals surface area contributed by atoms with Crippen LogP contribution in [0.4, 0.5) is 13.2 Å². The van der Waals surface area contributed by atoms with Crippen LogP contribution in [0.15, 0.2) is 18.2 Å². The molecule has 0 bridgehead atoms. The highest BCUT2D eigenvalue weighted by molar-refractivity contribution is 5.86. The van der Waals surface area contributed by atoms with Gasteiger partial charge in [-0.25, -0.2) is 0 Å². The summed E-state index contributed by atoms with van der Waals surface area (Å²) < 4.78 is 41.9. The van der Waals surface area contributed by atoms with Crippen LogP contribution in [0.3, 0.4) is 0 Å². The lowest BCUT2D eigenvalue weighted by atomic mass is 9.98. The number of benzene rings is 1. The molecule has 1 saturated carbocycles. The van der Waals surface area contributed by atoms with E-state index in [9.17, 15) is 18.0 Å². The van der Waals surface area contributed by atoms with Gasteiger partial charge < -0.3 is 15.8 Å². The summed E-state index contributed by atoms with van der Waals surface area (Å²) in [5, 5.41) is 2.71. The molecule has 0 spiro atoms. The Balaban J connectivity index is 0.00000288. The van der Waals surface area contributed by atoms with Gasteiger partial charge in [0.25, 0.3) is 0 Å². The zero-order valence-electron chi connectivity index (χ0n) is 13.4. The summed E-state index contributed by atoms with van der Waals surface area (Å²) in [7, 11) is 0. The second-order valence-electron chi connectivity index (χ2n) is 6.06. The predicted octanol–water partition coefficient (Wildman–Crippen LogP) is 3.25. The monoisotopic (exact) mass is 366 g/mol. The van der Waals surface area contributed by atoms with Gasteiger partial charge in [-0.1, -0.05) is 25.0 Å². The van der Waals surface area contributed by atoms with Gasteiger partial charge in [-0.3, -0.25) is 4.79 Å². The van der Waals surface area contributed by atoms with Gasteiger partial charge >= 0.3 is 6.18 Å². The summed E-state index contributed by atoms with van der Waals surface area (Å²) in [6, 6.07) is 4.94. The highest BCUT2D eigenvalue weighted by Crippen LogP contribution is 2.28. The normalized spacial score (nSPS) is 16.4. The number of aryl methyl sites for hydroxylation is 1. The van der Waals surface area contributed by atoms with Gasteiger partial charge in [-0.2, -0.15) is 13.2 Å². The fraction of sp³-hybridized carbons (Fsp3) is 0.562. The molecule has 0 aliphatic heterocycles. The second-order valence-corrected chi connectivity index (χ2v) is 6.06. The summed E-state index contributed by atoms with van der Waals surface area (Å²) in [6.45, 7) is 0.486. The molecule has 8 heteroatoms. The predicted molar refractivity (Wildman–Crippen MR) is 87.2 cm³/mol. The molecule has 1 aliphatic carbocycles. The highest BCUT2D eigenvalue weighted by Gasteiger charge is 2.36. The third-order valence-corrected chi connectivity index (χ3v) is 4.00. The lowest BCUT2D eigenvalue weighted by Gasteiger charge is -2.22. The summed E-state index contributed by atoms with van der Waals surface area (Å²) in [5.74, 6) is -0.141. The molecule has 0 aromatic heterocycles. The van der Waals surface area contributed by atoms with Crippen molar-refractivity contribution in [3.8, 4) is 5.75 Å². The summed E-state index contributed by atoms with van der Waals surface area (Å²) in [5.41, 5.74) is 6.47. The molecule has 3 N–H and O–H groups in total. The summed E-state index contributed by atoms with van der Waals surface area (Å²) in [4.78, 5) is 12.2. The van der Waals surface area contributed by atoms with Gasteiger partial charge in [0.2, 0.25) is 5.91 Å². The van der Waals surface area contributed by atoms with Gasteiger partial charge in [0.05, 0.1) is 5.54 Å². The van der Waals surface area contributed by atoms with Crippen molar-refractivity contribution >= 4 is 18.3 Å². The number of alkyl halides is 3. The van der Waals surface area contributed by atoms with E-state index in [1.54, 1.807) is 19.1 Å². The van der Waals surface area contributed by atoms with Gasteiger partial charge in [0, 0.05) is 12.1 Å². The van der Waals surface area contributed by atoms with E-state index >= 15 is 0 Å². The van der Waals surface area contributed by atoms with E-state index in [1.807, 2.05) is 0 Å². The maximum Gasteiger partial charge on any atom is 0.422 e. The van der Waals surface area contributed by atoms with E-state index in [1.165, 1.54) is 6.07 Å². The first-order chi connectivity index (χ1) is 10.7. The van der Waals surface area contributed by atoms with Crippen molar-refractivity contribution in [3.63, 3.8) is 0 Å². The SMILES string of the molecule is Cc1ccc(CNC(=O)C2(N)CCCC2)c(OCC(F)(F)F)c1.Cl. The molecule has 1 amide bonds. The van der Waals surface area contributed by atoms with Crippen molar-refractivity contribution in [2.24, 2.45) is 5.73 Å². The quantitative estimate of drug-likeness (QED) is 0.840. The van der Waals surface area contributed by atoms with Crippen molar-refractivity contribution in [1.82, 2.24) is 5.32 Å². The fourth-order valence-electron chi connectivity index (χ4n) is 2.69. The number of halogens is 4. The third kappa shape index (κ3) is 5.56. The van der Waals surface area contributed by atoms with Crippen LogP contribution in [0.2, 0.25) is 0 Å². The number of carbonyl (C=O) groups excluding carboxylic acids is 1. The molecular formula is C16H22ClF3N2O2. The zero-order valence-corrected chi connectivity index (χ0v) is 14.2. The van der Waals surface area contributed by atoms with E-state index in [4.69, 9.17) is 10.5 Å². The topological polar surface area (TPSA) is 64.4 Å². The molecular weight excluding hydrogens is 345 g/mol. The van der Waals surface area contributed by atoms with E-state index in [0.29, 0.717) is 18.4 Å². The average molecular weight is 367 g/mol. The fourth-order valence-corrected chi connectivity index (χ4v) is 2.69. The molecule has 1 aromatic rings. The van der Waals surface area contributed by atoms with Gasteiger partial charge in [-0.05, 0) is 31.4 Å². The lowest BCUT2D eigenvalue weighted by Crippen LogP contribution is -2.51. The number of nitrogens with one attached hydrogen (secondary N) is 1. The van der Waals surface area contributed by atoms with Crippen LogP contribution in [-0.4, -0.2) is 24.2 Å². The van der Waals surface area contributed by atoms with Crippen molar-refractivity contribution in [1.29, 1.82) is 0 Å². The number of ether oxygens (including phenoxy) is 1. The molecule has 136 valence electrons. The van der Waals surface area contributed by atoms with Crippen LogP contribution in [-0.2, 0) is 11.3 Å². The Morgan fingerprint density at radius 1 is 1.33 bits per heavy atom. The molecule has 2 rings (SSSR count). The molecule has 1 aliphatic rings. The Kier molecular flexibility index (Phi) is 6.92. The van der Waals surface area contributed by atoms with Gasteiger partial charge in [0.15, 0.2) is 6.61 Å². The van der Waals surface area contributed by atoms with Crippen molar-refractivity contribution in [2.75, 3.05) is 6.61 Å². The first-order valence-electron chi connectivity index (χ1n) is 7.56. The van der Waals surface area contributed by atoms with E-state index in [2.05, 4.69) is 5.32 Å². The highest BCUT2D eigenvalue weighted by atomic mass is 35.5. The van der Waals surface area contributed by atoms with Crippen LogP contribution >= 0.6 is 12.4 Å². The molecule has 0 saturated heterocycles. The smallest absolute Gasteiger partial charge is 0.422 e. The lowest BCUT2D eigenvalue weighted by molar-refractivity contribution is -0.153. The Morgan fingerprint density at radius 2 is 1.96 bits per heavy atom. The Labute approximate surface area is 145 Å². The Hall–Kier alpha value is -1.47. The number of rotatable bonds is 5. The maximum atomic E-state index is 12.3. The minimum atomic E-state index is -4.41. The molecule has 0 unspecified atom stereocenters. The summed E-state index contributed by atoms with van der Waals surface area (Å²) >= 11 is 0. The van der Waals surface area contributed by atoms with Crippen LogP contribution in [0, 0.1) is 6.92 Å². The molecule has 1 aromatic carbocycles. The minimum Gasteiger partial charge on any atom is -0.484 e. The van der Waals surface area contributed by atoms with E-state index < -0.39 is 18.3 Å². The number of nitrogens with two attached hydrogens (primary N) is 1. The second kappa shape index (κ2) is 8.07. The number of carbonyl (C=O) groups is 1. The summed E-state index contributed by atoms with van der Waals surface area (Å²) in [6.07, 6.45) is -1.33. The first kappa shape index (κ1) is 20.6. The number of hydrogen-bond acceptors (Lipinski definition) is 3. The van der Waals surface area contributed by atoms with E-state index in [-0.39, 0.29) is 30.6 Å². The van der Waals surface area contributed by atoms with Crippen LogP contribution < -0.4 is 15.8 Å². The molecule has 1 fully saturated rings.